The van der Waals surface area contributed by atoms with Gasteiger partial charge in [0.1, 0.15) is 18.5 Å². The van der Waals surface area contributed by atoms with E-state index >= 15 is 0 Å². The number of hydrogen-bond donors (Lipinski definition) is 3. The molecule has 0 amide bonds. The highest BCUT2D eigenvalue weighted by Crippen LogP contribution is 2.34. The van der Waals surface area contributed by atoms with E-state index in [4.69, 9.17) is 30.5 Å². The van der Waals surface area contributed by atoms with E-state index in [0.717, 1.165) is 11.9 Å². The minimum atomic E-state index is -1.27. The maximum atomic E-state index is 13.3. The van der Waals surface area contributed by atoms with Crippen molar-refractivity contribution in [1.29, 1.82) is 0 Å². The predicted molar refractivity (Wildman–Crippen MR) is 179 cm³/mol. The van der Waals surface area contributed by atoms with Gasteiger partial charge < -0.3 is 44.0 Å². The number of ketones is 1. The van der Waals surface area contributed by atoms with Crippen molar-refractivity contribution in [2.75, 3.05) is 33.2 Å². The normalized spacial score (nSPS) is 38.6. The molecule has 1 fully saturated rings. The number of rotatable bonds is 11. The van der Waals surface area contributed by atoms with Gasteiger partial charge in [0.25, 0.3) is 0 Å². The van der Waals surface area contributed by atoms with Crippen molar-refractivity contribution in [2.24, 2.45) is 23.7 Å². The molecular weight excluding hydrogens is 630 g/mol. The van der Waals surface area contributed by atoms with Crippen molar-refractivity contribution < 1.29 is 48.7 Å². The van der Waals surface area contributed by atoms with E-state index in [1.165, 1.54) is 6.08 Å². The highest BCUT2D eigenvalue weighted by atomic mass is 35.5. The number of aldehydes is 1. The second-order valence-electron chi connectivity index (χ2n) is 13.1. The van der Waals surface area contributed by atoms with Crippen molar-refractivity contribution in [2.45, 2.75) is 109 Å². The number of esters is 1. The SMILES string of the molecule is CC[C@H]1OC(=O)C[C@@H](O)[C@H](C)[C@@H](O[C@@H]2O[C@H](C)[C@@H](O)[C@H](N(C)C)[C@H]2O)[C@@H](CC=O)C[C@@H](C)C(=O)/C=C/C(C)=C/[C@@H]1COC/C=C/CCl. The lowest BCUT2D eigenvalue weighted by Gasteiger charge is -2.46. The second kappa shape index (κ2) is 20.5. The molecule has 0 aromatic rings. The lowest BCUT2D eigenvalue weighted by atomic mass is 9.79. The van der Waals surface area contributed by atoms with Gasteiger partial charge in [-0.15, -0.1) is 11.6 Å². The molecule has 0 radical (unpaired) electrons. The summed E-state index contributed by atoms with van der Waals surface area (Å²) in [6.45, 7) is 9.46. The number of allylic oxidation sites excluding steroid dienone is 4. The van der Waals surface area contributed by atoms with Crippen molar-refractivity contribution in [1.82, 2.24) is 4.90 Å². The molecule has 0 aromatic heterocycles. The van der Waals surface area contributed by atoms with Gasteiger partial charge in [-0.1, -0.05) is 50.6 Å². The molecule has 0 bridgehead atoms. The van der Waals surface area contributed by atoms with E-state index in [1.807, 2.05) is 19.9 Å². The number of alkyl halides is 1. The molecule has 47 heavy (non-hydrogen) atoms. The van der Waals surface area contributed by atoms with Crippen LogP contribution in [0.15, 0.2) is 36.0 Å². The van der Waals surface area contributed by atoms with E-state index in [2.05, 4.69) is 0 Å². The quantitative estimate of drug-likeness (QED) is 0.0967. The van der Waals surface area contributed by atoms with Gasteiger partial charge in [-0.3, -0.25) is 9.59 Å². The van der Waals surface area contributed by atoms with Crippen molar-refractivity contribution in [3.8, 4) is 0 Å². The summed E-state index contributed by atoms with van der Waals surface area (Å²) in [5, 5.41) is 33.3. The number of hydrogen-bond acceptors (Lipinski definition) is 11. The van der Waals surface area contributed by atoms with Crippen molar-refractivity contribution in [3.63, 3.8) is 0 Å². The van der Waals surface area contributed by atoms with Crippen LogP contribution < -0.4 is 0 Å². The zero-order chi connectivity index (χ0) is 35.3. The number of halogens is 1. The highest BCUT2D eigenvalue weighted by molar-refractivity contribution is 6.18. The maximum absolute atomic E-state index is 13.3. The van der Waals surface area contributed by atoms with Gasteiger partial charge in [0.2, 0.25) is 0 Å². The molecular formula is C35H56ClNO10. The van der Waals surface area contributed by atoms with Crippen LogP contribution in [0.4, 0.5) is 0 Å². The van der Waals surface area contributed by atoms with Crippen LogP contribution in [0, 0.1) is 23.7 Å². The second-order valence-corrected chi connectivity index (χ2v) is 13.4. The van der Waals surface area contributed by atoms with Crippen LogP contribution in [0.3, 0.4) is 0 Å². The molecule has 0 aromatic carbocycles. The Kier molecular flexibility index (Phi) is 18.0. The number of aliphatic hydroxyl groups excluding tert-OH is 3. The Balaban J connectivity index is 2.48. The van der Waals surface area contributed by atoms with Crippen LogP contribution in [0.25, 0.3) is 0 Å². The van der Waals surface area contributed by atoms with Gasteiger partial charge in [0, 0.05) is 30.1 Å². The highest BCUT2D eigenvalue weighted by Gasteiger charge is 2.47. The van der Waals surface area contributed by atoms with Crippen LogP contribution in [0.5, 0.6) is 0 Å². The molecule has 2 aliphatic rings. The standard InChI is InChI=1S/C35H56ClNO10/c1-8-29-26(20-44-16-10-9-14-36)17-21(2)11-12-27(39)22(3)18-25(13-15-38)34(23(4)28(40)19-30(41)46-29)47-35-33(43)31(37(6)7)32(42)24(5)45-35/h9-12,15,17,22-26,28-29,31-35,40,42-43H,8,13-14,16,18-20H2,1-7H3/b10-9+,12-11+,21-17+/t22-,23+,24-,25+,26-,28-,29-,31+,32-,33-,34-,35+/m1/s1. The molecule has 2 aliphatic heterocycles. The van der Waals surface area contributed by atoms with Gasteiger partial charge in [0.15, 0.2) is 12.1 Å². The Morgan fingerprint density at radius 1 is 1.09 bits per heavy atom. The van der Waals surface area contributed by atoms with Crippen LogP contribution in [-0.4, -0.2) is 120 Å². The first kappa shape index (κ1) is 41.2. The summed E-state index contributed by atoms with van der Waals surface area (Å²) < 4.78 is 24.0. The van der Waals surface area contributed by atoms with Crippen LogP contribution in [0.2, 0.25) is 0 Å². The first-order valence-corrected chi connectivity index (χ1v) is 17.1. The van der Waals surface area contributed by atoms with Crippen LogP contribution >= 0.6 is 11.6 Å². The maximum Gasteiger partial charge on any atom is 0.308 e. The van der Waals surface area contributed by atoms with Gasteiger partial charge >= 0.3 is 5.97 Å². The lowest BCUT2D eigenvalue weighted by molar-refractivity contribution is -0.304. The van der Waals surface area contributed by atoms with E-state index in [-0.39, 0.29) is 37.6 Å². The van der Waals surface area contributed by atoms with Crippen molar-refractivity contribution >= 4 is 29.6 Å². The number of aliphatic hydroxyl groups is 3. The number of carbonyl (C=O) groups is 3. The minimum absolute atomic E-state index is 0.00418. The van der Waals surface area contributed by atoms with E-state index in [1.54, 1.807) is 58.0 Å². The third-order valence-electron chi connectivity index (χ3n) is 9.13. The summed E-state index contributed by atoms with van der Waals surface area (Å²) in [7, 11) is 3.45. The molecule has 0 saturated carbocycles. The Labute approximate surface area is 284 Å². The summed E-state index contributed by atoms with van der Waals surface area (Å²) in [4.78, 5) is 40.2. The number of nitrogens with zero attached hydrogens (tertiary/aromatic N) is 1. The van der Waals surface area contributed by atoms with E-state index < -0.39 is 72.7 Å². The topological polar surface area (TPSA) is 152 Å². The fraction of sp³-hybridized carbons (Fsp3) is 0.743. The summed E-state index contributed by atoms with van der Waals surface area (Å²) >= 11 is 5.70. The Bertz CT molecular complexity index is 1080. The largest absolute Gasteiger partial charge is 0.462 e. The van der Waals surface area contributed by atoms with Gasteiger partial charge in [-0.2, -0.15) is 0 Å². The zero-order valence-electron chi connectivity index (χ0n) is 28.9. The van der Waals surface area contributed by atoms with Gasteiger partial charge in [-0.05, 0) is 52.8 Å². The average molecular weight is 686 g/mol. The van der Waals surface area contributed by atoms with Gasteiger partial charge in [0.05, 0.1) is 50.1 Å². The van der Waals surface area contributed by atoms with Gasteiger partial charge in [-0.25, -0.2) is 0 Å². The monoisotopic (exact) mass is 685 g/mol. The summed E-state index contributed by atoms with van der Waals surface area (Å²) in [6.07, 6.45) is 2.93. The molecule has 268 valence electrons. The molecule has 2 rings (SSSR count). The molecule has 0 spiro atoms. The Morgan fingerprint density at radius 3 is 2.40 bits per heavy atom. The third kappa shape index (κ3) is 12.5. The average Bonchev–Trinajstić information content (AvgIpc) is 3.01. The smallest absolute Gasteiger partial charge is 0.308 e. The van der Waals surface area contributed by atoms with Crippen LogP contribution in [0.1, 0.15) is 60.3 Å². The molecule has 2 heterocycles. The molecule has 11 nitrogen and oxygen atoms in total. The van der Waals surface area contributed by atoms with Crippen LogP contribution in [-0.2, 0) is 33.3 Å². The fourth-order valence-electron chi connectivity index (χ4n) is 6.32. The Hall–Kier alpha value is -1.96. The van der Waals surface area contributed by atoms with Crippen molar-refractivity contribution in [3.05, 3.63) is 36.0 Å². The molecule has 1 saturated heterocycles. The number of likely N-dealkylation sites (N-methyl/N-ethyl adjacent to an activating group) is 1. The minimum Gasteiger partial charge on any atom is -0.462 e. The third-order valence-corrected chi connectivity index (χ3v) is 9.31. The first-order chi connectivity index (χ1) is 22.2. The number of ether oxygens (including phenoxy) is 4. The molecule has 3 N–H and O–H groups in total. The van der Waals surface area contributed by atoms with E-state index in [0.29, 0.717) is 18.9 Å². The predicted octanol–water partition coefficient (Wildman–Crippen LogP) is 3.22. The summed E-state index contributed by atoms with van der Waals surface area (Å²) in [6, 6.07) is -0.712. The fourth-order valence-corrected chi connectivity index (χ4v) is 6.44. The molecule has 12 atom stereocenters. The molecule has 0 unspecified atom stereocenters. The van der Waals surface area contributed by atoms with E-state index in [9.17, 15) is 29.7 Å². The lowest BCUT2D eigenvalue weighted by Crippen LogP contribution is -2.63. The number of cyclic esters (lactones) is 1. The first-order valence-electron chi connectivity index (χ1n) is 16.6. The zero-order valence-corrected chi connectivity index (χ0v) is 29.6. The summed E-state index contributed by atoms with van der Waals surface area (Å²) in [5.41, 5.74) is 0.784. The molecule has 0 aliphatic carbocycles. The Morgan fingerprint density at radius 2 is 1.79 bits per heavy atom. The number of carbonyl (C=O) groups excluding carboxylic acids is 3. The summed E-state index contributed by atoms with van der Waals surface area (Å²) in [5.74, 6) is -2.54. The molecule has 12 heteroatoms.